The fourth-order valence-corrected chi connectivity index (χ4v) is 3.22. The van der Waals surface area contributed by atoms with E-state index in [-0.39, 0.29) is 10.5 Å². The molecule has 0 aromatic heterocycles. The van der Waals surface area contributed by atoms with E-state index >= 15 is 0 Å². The largest absolute Gasteiger partial charge is 0.548 e. The van der Waals surface area contributed by atoms with Gasteiger partial charge in [0.15, 0.2) is 5.78 Å². The first-order valence-corrected chi connectivity index (χ1v) is 8.98. The zero-order valence-electron chi connectivity index (χ0n) is 13.7. The standard InChI is InChI=1S/C18H16FNO5S/c1-12(18(22)23)20-26(24,25)16-8-6-14(7-9-16)17(21)10-5-13-3-2-4-15(19)11-13/h2-12,20H,1H3,(H,22,23)/p-1/b10-5+/t12-/m0/s1. The van der Waals surface area contributed by atoms with Crippen molar-refractivity contribution in [3.63, 3.8) is 0 Å². The Morgan fingerprint density at radius 3 is 2.38 bits per heavy atom. The SMILES string of the molecule is C[C@H](NS(=O)(=O)c1ccc(C(=O)/C=C/c2cccc(F)c2)cc1)C(=O)[O-]. The third-order valence-corrected chi connectivity index (χ3v) is 4.97. The molecule has 0 heterocycles. The lowest BCUT2D eigenvalue weighted by Crippen LogP contribution is -2.45. The number of carbonyl (C=O) groups is 2. The lowest BCUT2D eigenvalue weighted by molar-refractivity contribution is -0.307. The molecule has 2 rings (SSSR count). The van der Waals surface area contributed by atoms with Gasteiger partial charge >= 0.3 is 0 Å². The lowest BCUT2D eigenvalue weighted by Gasteiger charge is -2.14. The summed E-state index contributed by atoms with van der Waals surface area (Å²) in [5.41, 5.74) is 0.738. The van der Waals surface area contributed by atoms with E-state index in [0.717, 1.165) is 6.92 Å². The molecule has 0 saturated carbocycles. The Morgan fingerprint density at radius 1 is 1.15 bits per heavy atom. The first kappa shape index (κ1) is 19.5. The predicted molar refractivity (Wildman–Crippen MR) is 91.0 cm³/mol. The van der Waals surface area contributed by atoms with Crippen molar-refractivity contribution < 1.29 is 27.5 Å². The summed E-state index contributed by atoms with van der Waals surface area (Å²) in [4.78, 5) is 22.6. The summed E-state index contributed by atoms with van der Waals surface area (Å²) in [6.45, 7) is 1.14. The van der Waals surface area contributed by atoms with Gasteiger partial charge in [-0.05, 0) is 55.0 Å². The average molecular weight is 376 g/mol. The van der Waals surface area contributed by atoms with Crippen molar-refractivity contribution in [2.45, 2.75) is 17.9 Å². The minimum Gasteiger partial charge on any atom is -0.548 e. The molecule has 8 heteroatoms. The summed E-state index contributed by atoms with van der Waals surface area (Å²) < 4.78 is 39.1. The molecule has 136 valence electrons. The van der Waals surface area contributed by atoms with Gasteiger partial charge in [0.25, 0.3) is 0 Å². The number of carboxylic acids is 1. The van der Waals surface area contributed by atoms with Gasteiger partial charge in [-0.25, -0.2) is 17.5 Å². The Kier molecular flexibility index (Phi) is 6.01. The Bertz CT molecular complexity index is 952. The summed E-state index contributed by atoms with van der Waals surface area (Å²) in [5, 5.41) is 10.6. The molecule has 2 aromatic carbocycles. The highest BCUT2D eigenvalue weighted by atomic mass is 32.2. The van der Waals surface area contributed by atoms with Gasteiger partial charge in [0.1, 0.15) is 5.82 Å². The van der Waals surface area contributed by atoms with Crippen molar-refractivity contribution in [3.8, 4) is 0 Å². The topological polar surface area (TPSA) is 103 Å². The zero-order valence-corrected chi connectivity index (χ0v) is 14.5. The number of sulfonamides is 1. The maximum Gasteiger partial charge on any atom is 0.241 e. The minimum absolute atomic E-state index is 0.184. The highest BCUT2D eigenvalue weighted by Gasteiger charge is 2.18. The molecule has 0 unspecified atom stereocenters. The third-order valence-electron chi connectivity index (χ3n) is 3.41. The number of halogens is 1. The molecule has 1 atom stereocenters. The Morgan fingerprint density at radius 2 is 1.81 bits per heavy atom. The lowest BCUT2D eigenvalue weighted by atomic mass is 10.1. The van der Waals surface area contributed by atoms with Crippen molar-refractivity contribution in [1.82, 2.24) is 4.72 Å². The molecule has 6 nitrogen and oxygen atoms in total. The highest BCUT2D eigenvalue weighted by Crippen LogP contribution is 2.13. The molecule has 0 aliphatic carbocycles. The van der Waals surface area contributed by atoms with Crippen molar-refractivity contribution in [2.24, 2.45) is 0 Å². The second kappa shape index (κ2) is 8.03. The molecule has 0 radical (unpaired) electrons. The van der Waals surface area contributed by atoms with Crippen LogP contribution in [0.1, 0.15) is 22.8 Å². The average Bonchev–Trinajstić information content (AvgIpc) is 2.59. The van der Waals surface area contributed by atoms with E-state index in [2.05, 4.69) is 0 Å². The van der Waals surface area contributed by atoms with E-state index in [9.17, 15) is 27.5 Å². The second-order valence-electron chi connectivity index (χ2n) is 5.44. The van der Waals surface area contributed by atoms with Crippen molar-refractivity contribution in [3.05, 3.63) is 71.6 Å². The van der Waals surface area contributed by atoms with Gasteiger partial charge in [-0.1, -0.05) is 18.2 Å². The van der Waals surface area contributed by atoms with Crippen LogP contribution in [0.2, 0.25) is 0 Å². The van der Waals surface area contributed by atoms with Gasteiger partial charge in [-0.3, -0.25) is 4.79 Å². The maximum atomic E-state index is 13.1. The molecule has 0 amide bonds. The van der Waals surface area contributed by atoms with Crippen molar-refractivity contribution in [2.75, 3.05) is 0 Å². The fraction of sp³-hybridized carbons (Fsp3) is 0.111. The number of hydrogen-bond donors (Lipinski definition) is 1. The summed E-state index contributed by atoms with van der Waals surface area (Å²) in [6, 6.07) is 9.29. The quantitative estimate of drug-likeness (QED) is 0.576. The van der Waals surface area contributed by atoms with Gasteiger partial charge in [-0.15, -0.1) is 0 Å². The Hall–Kier alpha value is -2.84. The summed E-state index contributed by atoms with van der Waals surface area (Å²) in [7, 11) is -4.05. The fourth-order valence-electron chi connectivity index (χ4n) is 2.03. The minimum atomic E-state index is -4.05. The predicted octanol–water partition coefficient (Wildman–Crippen LogP) is 1.14. The van der Waals surface area contributed by atoms with Crippen LogP contribution < -0.4 is 9.83 Å². The Labute approximate surface area is 150 Å². The molecule has 0 spiro atoms. The number of carbonyl (C=O) groups excluding carboxylic acids is 2. The summed E-state index contributed by atoms with van der Waals surface area (Å²) >= 11 is 0. The van der Waals surface area contributed by atoms with Crippen LogP contribution in [0.5, 0.6) is 0 Å². The van der Waals surface area contributed by atoms with Crippen LogP contribution in [0.15, 0.2) is 59.5 Å². The van der Waals surface area contributed by atoms with Gasteiger partial charge in [-0.2, -0.15) is 0 Å². The zero-order chi connectivity index (χ0) is 19.3. The molecule has 26 heavy (non-hydrogen) atoms. The number of benzene rings is 2. The number of ketones is 1. The van der Waals surface area contributed by atoms with Crippen LogP contribution in [0.4, 0.5) is 4.39 Å². The Balaban J connectivity index is 2.13. The van der Waals surface area contributed by atoms with E-state index < -0.39 is 33.6 Å². The van der Waals surface area contributed by atoms with Crippen LogP contribution in [0.25, 0.3) is 6.08 Å². The number of hydrogen-bond acceptors (Lipinski definition) is 5. The molecule has 0 bridgehead atoms. The molecule has 2 aromatic rings. The van der Waals surface area contributed by atoms with Crippen LogP contribution >= 0.6 is 0 Å². The monoisotopic (exact) mass is 376 g/mol. The van der Waals surface area contributed by atoms with Crippen LogP contribution in [0, 0.1) is 5.82 Å². The van der Waals surface area contributed by atoms with E-state index in [1.165, 1.54) is 54.6 Å². The van der Waals surface area contributed by atoms with Crippen LogP contribution in [-0.2, 0) is 14.8 Å². The van der Waals surface area contributed by atoms with Gasteiger partial charge in [0, 0.05) is 5.56 Å². The molecular weight excluding hydrogens is 361 g/mol. The first-order valence-electron chi connectivity index (χ1n) is 7.50. The molecule has 0 fully saturated rings. The molecule has 0 aliphatic rings. The normalized spacial score (nSPS) is 12.8. The smallest absolute Gasteiger partial charge is 0.241 e. The molecule has 0 aliphatic heterocycles. The molecule has 0 saturated heterocycles. The van der Waals surface area contributed by atoms with Crippen LogP contribution in [-0.4, -0.2) is 26.2 Å². The number of nitrogens with one attached hydrogen (secondary N) is 1. The second-order valence-corrected chi connectivity index (χ2v) is 7.15. The van der Waals surface area contributed by atoms with Crippen LogP contribution in [0.3, 0.4) is 0 Å². The number of aliphatic carboxylic acids is 1. The van der Waals surface area contributed by atoms with Crippen molar-refractivity contribution >= 4 is 27.9 Å². The van der Waals surface area contributed by atoms with E-state index in [1.54, 1.807) is 6.07 Å². The number of rotatable bonds is 7. The van der Waals surface area contributed by atoms with E-state index in [0.29, 0.717) is 5.56 Å². The molecular formula is C18H15FNO5S-. The number of carboxylic acid groups (broad SMARTS) is 1. The molecule has 1 N–H and O–H groups in total. The van der Waals surface area contributed by atoms with E-state index in [4.69, 9.17) is 0 Å². The van der Waals surface area contributed by atoms with Gasteiger partial charge < -0.3 is 9.90 Å². The maximum absolute atomic E-state index is 13.1. The number of allylic oxidation sites excluding steroid dienone is 1. The first-order chi connectivity index (χ1) is 12.2. The highest BCUT2D eigenvalue weighted by molar-refractivity contribution is 7.89. The van der Waals surface area contributed by atoms with E-state index in [1.807, 2.05) is 4.72 Å². The van der Waals surface area contributed by atoms with Gasteiger partial charge in [0.2, 0.25) is 10.0 Å². The summed E-state index contributed by atoms with van der Waals surface area (Å²) in [5.74, 6) is -2.37. The summed E-state index contributed by atoms with van der Waals surface area (Å²) in [6.07, 6.45) is 2.69. The van der Waals surface area contributed by atoms with Gasteiger partial charge in [0.05, 0.1) is 16.9 Å². The third kappa shape index (κ3) is 5.08. The van der Waals surface area contributed by atoms with Crippen molar-refractivity contribution in [1.29, 1.82) is 0 Å².